The molecule has 2 amide bonds. The molecule has 0 saturated heterocycles. The standard InChI is InChI=1S/C30H36ClN3O5S/c1-21(2)18-32-30(36)23(4)33(19-24-13-11-22(3)12-14-24)29(35)20-34(25-15-16-28(39-5)27(31)17-25)40(37,38)26-9-7-6-8-10-26/h6-17,21,23H,18-20H2,1-5H3,(H,32,36). The van der Waals surface area contributed by atoms with E-state index in [9.17, 15) is 18.0 Å². The molecule has 0 aliphatic rings. The predicted molar refractivity (Wildman–Crippen MR) is 158 cm³/mol. The van der Waals surface area contributed by atoms with E-state index in [1.54, 1.807) is 31.2 Å². The summed E-state index contributed by atoms with van der Waals surface area (Å²) in [6.45, 7) is 7.59. The van der Waals surface area contributed by atoms with Gasteiger partial charge in [-0.1, -0.05) is 73.5 Å². The number of ether oxygens (including phenoxy) is 1. The normalized spacial score (nSPS) is 12.1. The molecule has 0 aliphatic heterocycles. The summed E-state index contributed by atoms with van der Waals surface area (Å²) in [6.07, 6.45) is 0. The van der Waals surface area contributed by atoms with E-state index in [0.29, 0.717) is 12.3 Å². The number of carbonyl (C=O) groups excluding carboxylic acids is 2. The fraction of sp³-hybridized carbons (Fsp3) is 0.333. The second kappa shape index (κ2) is 13.7. The van der Waals surface area contributed by atoms with Gasteiger partial charge in [0, 0.05) is 13.1 Å². The monoisotopic (exact) mass is 585 g/mol. The van der Waals surface area contributed by atoms with E-state index < -0.39 is 28.5 Å². The van der Waals surface area contributed by atoms with E-state index in [4.69, 9.17) is 16.3 Å². The average Bonchev–Trinajstić information content (AvgIpc) is 2.94. The van der Waals surface area contributed by atoms with Crippen LogP contribution in [0.25, 0.3) is 0 Å². The van der Waals surface area contributed by atoms with E-state index in [1.807, 2.05) is 45.0 Å². The maximum Gasteiger partial charge on any atom is 0.264 e. The number of hydrogen-bond donors (Lipinski definition) is 1. The molecule has 3 aromatic rings. The number of rotatable bonds is 12. The van der Waals surface area contributed by atoms with Crippen molar-refractivity contribution in [3.8, 4) is 5.75 Å². The number of amides is 2. The number of anilines is 1. The van der Waals surface area contributed by atoms with Crippen LogP contribution in [0.5, 0.6) is 5.75 Å². The van der Waals surface area contributed by atoms with Crippen LogP contribution >= 0.6 is 11.6 Å². The Labute approximate surface area is 241 Å². The maximum absolute atomic E-state index is 14.0. The van der Waals surface area contributed by atoms with Gasteiger partial charge in [-0.2, -0.15) is 0 Å². The van der Waals surface area contributed by atoms with Gasteiger partial charge in [0.05, 0.1) is 22.7 Å². The first-order valence-corrected chi connectivity index (χ1v) is 14.8. The van der Waals surface area contributed by atoms with Crippen molar-refractivity contribution in [2.24, 2.45) is 5.92 Å². The second-order valence-electron chi connectivity index (χ2n) is 9.97. The quantitative estimate of drug-likeness (QED) is 0.321. The number of halogens is 1. The van der Waals surface area contributed by atoms with E-state index in [2.05, 4.69) is 5.32 Å². The molecule has 0 fully saturated rings. The summed E-state index contributed by atoms with van der Waals surface area (Å²) in [4.78, 5) is 28.4. The zero-order valence-electron chi connectivity index (χ0n) is 23.4. The minimum Gasteiger partial charge on any atom is -0.495 e. The summed E-state index contributed by atoms with van der Waals surface area (Å²) in [5.41, 5.74) is 2.06. The van der Waals surface area contributed by atoms with Gasteiger partial charge in [-0.15, -0.1) is 0 Å². The minimum absolute atomic E-state index is 0.0163. The molecule has 0 spiro atoms. The molecular formula is C30H36ClN3O5S. The van der Waals surface area contributed by atoms with Crippen LogP contribution in [0, 0.1) is 12.8 Å². The molecule has 40 heavy (non-hydrogen) atoms. The topological polar surface area (TPSA) is 96.0 Å². The lowest BCUT2D eigenvalue weighted by atomic mass is 10.1. The number of benzene rings is 3. The van der Waals surface area contributed by atoms with Crippen molar-refractivity contribution < 1.29 is 22.7 Å². The Morgan fingerprint density at radius 2 is 1.62 bits per heavy atom. The Kier molecular flexibility index (Phi) is 10.6. The summed E-state index contributed by atoms with van der Waals surface area (Å²) < 4.78 is 33.9. The molecule has 1 atom stereocenters. The third kappa shape index (κ3) is 7.76. The van der Waals surface area contributed by atoms with Crippen LogP contribution in [-0.4, -0.2) is 51.4 Å². The van der Waals surface area contributed by atoms with Gasteiger partial charge in [0.25, 0.3) is 10.0 Å². The summed E-state index contributed by atoms with van der Waals surface area (Å²) in [7, 11) is -2.72. The van der Waals surface area contributed by atoms with E-state index >= 15 is 0 Å². The highest BCUT2D eigenvalue weighted by Gasteiger charge is 2.32. The van der Waals surface area contributed by atoms with Gasteiger partial charge >= 0.3 is 0 Å². The van der Waals surface area contributed by atoms with Crippen LogP contribution in [0.1, 0.15) is 31.9 Å². The Morgan fingerprint density at radius 1 is 0.975 bits per heavy atom. The number of methoxy groups -OCH3 is 1. The minimum atomic E-state index is -4.18. The van der Waals surface area contributed by atoms with Crippen molar-refractivity contribution in [1.82, 2.24) is 10.2 Å². The first-order valence-electron chi connectivity index (χ1n) is 13.0. The molecule has 1 unspecified atom stereocenters. The average molecular weight is 586 g/mol. The predicted octanol–water partition coefficient (Wildman–Crippen LogP) is 5.04. The lowest BCUT2D eigenvalue weighted by Crippen LogP contribution is -2.51. The van der Waals surface area contributed by atoms with Crippen LogP contribution in [-0.2, 0) is 26.2 Å². The molecule has 0 saturated carbocycles. The van der Waals surface area contributed by atoms with Crippen LogP contribution in [0.3, 0.4) is 0 Å². The van der Waals surface area contributed by atoms with Crippen molar-refractivity contribution in [2.45, 2.75) is 45.2 Å². The van der Waals surface area contributed by atoms with Crippen molar-refractivity contribution in [2.75, 3.05) is 24.5 Å². The lowest BCUT2D eigenvalue weighted by molar-refractivity contribution is -0.139. The Morgan fingerprint density at radius 3 is 2.20 bits per heavy atom. The molecule has 10 heteroatoms. The van der Waals surface area contributed by atoms with E-state index in [0.717, 1.165) is 15.4 Å². The zero-order valence-corrected chi connectivity index (χ0v) is 25.0. The fourth-order valence-electron chi connectivity index (χ4n) is 3.98. The van der Waals surface area contributed by atoms with Gasteiger partial charge in [-0.25, -0.2) is 8.42 Å². The molecule has 0 radical (unpaired) electrons. The molecule has 0 aromatic heterocycles. The third-order valence-electron chi connectivity index (χ3n) is 6.36. The van der Waals surface area contributed by atoms with Gasteiger partial charge in [0.1, 0.15) is 18.3 Å². The largest absolute Gasteiger partial charge is 0.495 e. The highest BCUT2D eigenvalue weighted by molar-refractivity contribution is 7.92. The molecule has 1 N–H and O–H groups in total. The maximum atomic E-state index is 14.0. The van der Waals surface area contributed by atoms with E-state index in [1.165, 1.54) is 36.3 Å². The van der Waals surface area contributed by atoms with Gasteiger partial charge < -0.3 is 15.0 Å². The molecule has 3 aromatic carbocycles. The van der Waals surface area contributed by atoms with Gasteiger partial charge in [0.2, 0.25) is 11.8 Å². The Bertz CT molecular complexity index is 1410. The summed E-state index contributed by atoms with van der Waals surface area (Å²) in [5.74, 6) is -0.271. The van der Waals surface area contributed by atoms with Crippen LogP contribution < -0.4 is 14.4 Å². The SMILES string of the molecule is COc1ccc(N(CC(=O)N(Cc2ccc(C)cc2)C(C)C(=O)NCC(C)C)S(=O)(=O)c2ccccc2)cc1Cl. The van der Waals surface area contributed by atoms with Crippen LogP contribution in [0.4, 0.5) is 5.69 Å². The number of carbonyl (C=O) groups is 2. The first-order chi connectivity index (χ1) is 18.9. The second-order valence-corrected chi connectivity index (χ2v) is 12.2. The molecule has 8 nitrogen and oxygen atoms in total. The summed E-state index contributed by atoms with van der Waals surface area (Å²) in [5, 5.41) is 3.07. The van der Waals surface area contributed by atoms with Crippen molar-refractivity contribution in [1.29, 1.82) is 0 Å². The zero-order chi connectivity index (χ0) is 29.4. The fourth-order valence-corrected chi connectivity index (χ4v) is 5.66. The Hall–Kier alpha value is -3.56. The number of sulfonamides is 1. The first kappa shape index (κ1) is 31.0. The highest BCUT2D eigenvalue weighted by Crippen LogP contribution is 2.32. The van der Waals surface area contributed by atoms with Crippen LogP contribution in [0.15, 0.2) is 77.7 Å². The molecule has 0 heterocycles. The molecule has 3 rings (SSSR count). The molecule has 0 aliphatic carbocycles. The Balaban J connectivity index is 2.03. The number of nitrogens with one attached hydrogen (secondary N) is 1. The number of aryl methyl sites for hydroxylation is 1. The number of hydrogen-bond acceptors (Lipinski definition) is 5. The molecule has 214 valence electrons. The lowest BCUT2D eigenvalue weighted by Gasteiger charge is -2.32. The molecular weight excluding hydrogens is 550 g/mol. The smallest absolute Gasteiger partial charge is 0.264 e. The summed E-state index contributed by atoms with van der Waals surface area (Å²) >= 11 is 6.35. The van der Waals surface area contributed by atoms with E-state index in [-0.39, 0.29) is 34.0 Å². The van der Waals surface area contributed by atoms with Gasteiger partial charge in [-0.05, 0) is 55.7 Å². The third-order valence-corrected chi connectivity index (χ3v) is 8.44. The highest BCUT2D eigenvalue weighted by atomic mass is 35.5. The van der Waals surface area contributed by atoms with Gasteiger partial charge in [-0.3, -0.25) is 13.9 Å². The van der Waals surface area contributed by atoms with Crippen molar-refractivity contribution in [3.63, 3.8) is 0 Å². The van der Waals surface area contributed by atoms with Crippen molar-refractivity contribution >= 4 is 39.1 Å². The molecule has 0 bridgehead atoms. The van der Waals surface area contributed by atoms with Crippen LogP contribution in [0.2, 0.25) is 5.02 Å². The van der Waals surface area contributed by atoms with Gasteiger partial charge in [0.15, 0.2) is 0 Å². The summed E-state index contributed by atoms with van der Waals surface area (Å²) in [6, 6.07) is 19.1. The number of nitrogens with zero attached hydrogens (tertiary/aromatic N) is 2. The van der Waals surface area contributed by atoms with Crippen molar-refractivity contribution in [3.05, 3.63) is 88.9 Å².